The Hall–Kier alpha value is -3.39. The summed E-state index contributed by atoms with van der Waals surface area (Å²) >= 11 is 1.37. The van der Waals surface area contributed by atoms with Crippen LogP contribution in [0, 0.1) is 0 Å². The highest BCUT2D eigenvalue weighted by atomic mass is 32.2. The first-order chi connectivity index (χ1) is 15.9. The van der Waals surface area contributed by atoms with E-state index in [9.17, 15) is 9.59 Å². The molecule has 1 atom stereocenters. The molecule has 2 heterocycles. The summed E-state index contributed by atoms with van der Waals surface area (Å²) in [6, 6.07) is 17.4. The minimum atomic E-state index is -0.322. The van der Waals surface area contributed by atoms with Gasteiger partial charge in [-0.3, -0.25) is 9.59 Å². The number of amides is 1. The molecule has 0 aliphatic heterocycles. The molecule has 1 N–H and O–H groups in total. The van der Waals surface area contributed by atoms with Crippen molar-refractivity contribution in [3.63, 3.8) is 0 Å². The lowest BCUT2D eigenvalue weighted by Gasteiger charge is -2.35. The van der Waals surface area contributed by atoms with E-state index in [2.05, 4.69) is 30.3 Å². The number of rotatable bonds is 5. The highest BCUT2D eigenvalue weighted by Crippen LogP contribution is 2.42. The third kappa shape index (κ3) is 3.54. The molecule has 0 fully saturated rings. The predicted molar refractivity (Wildman–Crippen MR) is 131 cm³/mol. The van der Waals surface area contributed by atoms with Crippen LogP contribution in [0.15, 0.2) is 64.5 Å². The van der Waals surface area contributed by atoms with Crippen molar-refractivity contribution in [2.24, 2.45) is 0 Å². The summed E-state index contributed by atoms with van der Waals surface area (Å²) in [5.41, 5.74) is 3.87. The van der Waals surface area contributed by atoms with Gasteiger partial charge < -0.3 is 5.32 Å². The molecule has 8 heteroatoms. The van der Waals surface area contributed by atoms with Crippen molar-refractivity contribution in [2.75, 3.05) is 11.6 Å². The smallest absolute Gasteiger partial charge is 0.265 e. The highest BCUT2D eigenvalue weighted by molar-refractivity contribution is 7.98. The molecule has 2 aromatic carbocycles. The Labute approximate surface area is 195 Å². The molecule has 0 bridgehead atoms. The van der Waals surface area contributed by atoms with E-state index in [0.29, 0.717) is 22.3 Å². The van der Waals surface area contributed by atoms with Crippen LogP contribution < -0.4 is 10.9 Å². The fourth-order valence-electron chi connectivity index (χ4n) is 4.60. The van der Waals surface area contributed by atoms with Crippen molar-refractivity contribution in [1.82, 2.24) is 19.2 Å². The van der Waals surface area contributed by atoms with Gasteiger partial charge in [-0.15, -0.1) is 5.10 Å². The minimum Gasteiger partial charge on any atom is -0.324 e. The van der Waals surface area contributed by atoms with Crippen molar-refractivity contribution < 1.29 is 4.79 Å². The first-order valence-corrected chi connectivity index (χ1v) is 12.2. The molecular weight excluding hydrogens is 434 g/mol. The molecule has 1 aliphatic carbocycles. The van der Waals surface area contributed by atoms with E-state index in [4.69, 9.17) is 4.98 Å². The Morgan fingerprint density at radius 1 is 1.15 bits per heavy atom. The number of fused-ring (bicyclic) bond motifs is 4. The molecule has 4 aromatic rings. The van der Waals surface area contributed by atoms with Crippen molar-refractivity contribution in [1.29, 1.82) is 0 Å². The van der Waals surface area contributed by atoms with Crippen LogP contribution in [0.2, 0.25) is 0 Å². The van der Waals surface area contributed by atoms with Gasteiger partial charge in [0.05, 0.1) is 11.3 Å². The predicted octanol–water partition coefficient (Wildman–Crippen LogP) is 4.14. The summed E-state index contributed by atoms with van der Waals surface area (Å²) in [4.78, 5) is 31.6. The Morgan fingerprint density at radius 2 is 1.88 bits per heavy atom. The van der Waals surface area contributed by atoms with Gasteiger partial charge in [0.2, 0.25) is 11.7 Å². The molecule has 0 saturated carbocycles. The van der Waals surface area contributed by atoms with Crippen LogP contribution in [0.4, 0.5) is 5.69 Å². The first-order valence-electron chi connectivity index (χ1n) is 11.0. The van der Waals surface area contributed by atoms with Crippen molar-refractivity contribution in [3.05, 3.63) is 76.1 Å². The van der Waals surface area contributed by atoms with Gasteiger partial charge in [-0.05, 0) is 36.8 Å². The van der Waals surface area contributed by atoms with E-state index in [1.807, 2.05) is 54.8 Å². The molecule has 1 amide bonds. The summed E-state index contributed by atoms with van der Waals surface area (Å²) < 4.78 is 3.08. The third-order valence-electron chi connectivity index (χ3n) is 6.46. The molecule has 7 nitrogen and oxygen atoms in total. The second-order valence-corrected chi connectivity index (χ2v) is 9.36. The molecule has 0 saturated heterocycles. The maximum atomic E-state index is 13.9. The van der Waals surface area contributed by atoms with Crippen LogP contribution in [0.1, 0.15) is 31.4 Å². The lowest BCUT2D eigenvalue weighted by Crippen LogP contribution is -2.38. The number of carbonyl (C=O) groups is 1. The van der Waals surface area contributed by atoms with Gasteiger partial charge in [0.15, 0.2) is 5.16 Å². The summed E-state index contributed by atoms with van der Waals surface area (Å²) in [5, 5.41) is 7.97. The molecule has 0 spiro atoms. The van der Waals surface area contributed by atoms with Crippen LogP contribution >= 0.6 is 11.8 Å². The lowest BCUT2D eigenvalue weighted by atomic mass is 9.69. The second-order valence-electron chi connectivity index (χ2n) is 8.58. The van der Waals surface area contributed by atoms with Gasteiger partial charge in [-0.25, -0.2) is 14.1 Å². The standard InChI is InChI=1S/C25H25N5O2S/c1-4-25(2)14-16-10-8-9-13-18(16)21-20(25)22(32)30-23(27-21)29(28-24(30)33-3)15-19(31)26-17-11-6-5-7-12-17/h5-13H,4,14-15H2,1-3H3,(H,26,31)/t25-/m1/s1. The van der Waals surface area contributed by atoms with Crippen molar-refractivity contribution in [3.8, 4) is 11.3 Å². The summed E-state index contributed by atoms with van der Waals surface area (Å²) in [7, 11) is 0. The topological polar surface area (TPSA) is 81.3 Å². The largest absolute Gasteiger partial charge is 0.324 e. The van der Waals surface area contributed by atoms with Crippen LogP contribution in [0.3, 0.4) is 0 Å². The van der Waals surface area contributed by atoms with Gasteiger partial charge in [-0.2, -0.15) is 0 Å². The number of hydrogen-bond acceptors (Lipinski definition) is 5. The Bertz CT molecular complexity index is 1430. The van der Waals surface area contributed by atoms with E-state index >= 15 is 0 Å². The molecule has 0 radical (unpaired) electrons. The molecule has 33 heavy (non-hydrogen) atoms. The normalized spacial score (nSPS) is 16.9. The Balaban J connectivity index is 1.68. The van der Waals surface area contributed by atoms with Crippen LogP contribution in [0.5, 0.6) is 0 Å². The fraction of sp³-hybridized carbons (Fsp3) is 0.280. The Kier molecular flexibility index (Phi) is 5.32. The Morgan fingerprint density at radius 3 is 2.61 bits per heavy atom. The van der Waals surface area contributed by atoms with Crippen molar-refractivity contribution in [2.45, 2.75) is 43.8 Å². The van der Waals surface area contributed by atoms with E-state index in [-0.39, 0.29) is 23.4 Å². The van der Waals surface area contributed by atoms with Crippen LogP contribution in [-0.2, 0) is 23.2 Å². The van der Waals surface area contributed by atoms with Crippen molar-refractivity contribution >= 4 is 29.1 Å². The minimum absolute atomic E-state index is 0.0448. The van der Waals surface area contributed by atoms with Gasteiger partial charge in [-0.1, -0.05) is 68.1 Å². The van der Waals surface area contributed by atoms with E-state index in [1.165, 1.54) is 22.0 Å². The number of carbonyl (C=O) groups excluding carboxylic acids is 1. The maximum Gasteiger partial charge on any atom is 0.265 e. The SMILES string of the molecule is CC[C@]1(C)Cc2ccccc2-c2nc3n(CC(=O)Nc4ccccc4)nc(SC)n3c(=O)c21. The number of aromatic nitrogens is 4. The molecular formula is C25H25N5O2S. The zero-order valence-corrected chi connectivity index (χ0v) is 19.6. The van der Waals surface area contributed by atoms with E-state index in [0.717, 1.165) is 24.0 Å². The average Bonchev–Trinajstić information content (AvgIpc) is 3.17. The summed E-state index contributed by atoms with van der Waals surface area (Å²) in [6.07, 6.45) is 3.48. The van der Waals surface area contributed by atoms with E-state index in [1.54, 1.807) is 4.40 Å². The number of anilines is 1. The van der Waals surface area contributed by atoms with Crippen LogP contribution in [0.25, 0.3) is 17.0 Å². The molecule has 168 valence electrons. The number of para-hydroxylation sites is 1. The maximum absolute atomic E-state index is 13.9. The summed E-state index contributed by atoms with van der Waals surface area (Å²) in [6.45, 7) is 4.20. The quantitative estimate of drug-likeness (QED) is 0.454. The zero-order valence-electron chi connectivity index (χ0n) is 18.8. The summed E-state index contributed by atoms with van der Waals surface area (Å²) in [5.74, 6) is 0.145. The zero-order chi connectivity index (χ0) is 23.2. The number of hydrogen-bond donors (Lipinski definition) is 1. The third-order valence-corrected chi connectivity index (χ3v) is 7.09. The first kappa shape index (κ1) is 21.5. The average molecular weight is 460 g/mol. The van der Waals surface area contributed by atoms with Crippen LogP contribution in [-0.4, -0.2) is 31.3 Å². The lowest BCUT2D eigenvalue weighted by molar-refractivity contribution is -0.116. The van der Waals surface area contributed by atoms with Gasteiger partial charge in [0, 0.05) is 16.7 Å². The molecule has 2 aromatic heterocycles. The number of thioether (sulfide) groups is 1. The fourth-order valence-corrected chi connectivity index (χ4v) is 5.13. The monoisotopic (exact) mass is 459 g/mol. The second kappa shape index (κ2) is 8.19. The molecule has 0 unspecified atom stereocenters. The van der Waals surface area contributed by atoms with E-state index < -0.39 is 0 Å². The number of nitrogens with one attached hydrogen (secondary N) is 1. The van der Waals surface area contributed by atoms with Gasteiger partial charge in [0.1, 0.15) is 6.54 Å². The number of nitrogens with zero attached hydrogens (tertiary/aromatic N) is 4. The highest BCUT2D eigenvalue weighted by Gasteiger charge is 2.38. The number of benzene rings is 2. The molecule has 1 aliphatic rings. The molecule has 5 rings (SSSR count). The van der Waals surface area contributed by atoms with Gasteiger partial charge >= 0.3 is 0 Å². The van der Waals surface area contributed by atoms with Gasteiger partial charge in [0.25, 0.3) is 5.56 Å².